The van der Waals surface area contributed by atoms with Crippen molar-refractivity contribution < 1.29 is 26.3 Å². The van der Waals surface area contributed by atoms with E-state index in [0.717, 1.165) is 0 Å². The molecule has 0 amide bonds. The number of allylic oxidation sites excluding steroid dienone is 2. The van der Waals surface area contributed by atoms with Gasteiger partial charge in [0.15, 0.2) is 0 Å². The van der Waals surface area contributed by atoms with Crippen molar-refractivity contribution in [3.8, 4) is 0 Å². The van der Waals surface area contributed by atoms with E-state index >= 15 is 0 Å². The highest BCUT2D eigenvalue weighted by Crippen LogP contribution is 2.29. The summed E-state index contributed by atoms with van der Waals surface area (Å²) in [7, 11) is 0. The molecule has 0 spiro atoms. The molecule has 80 valence electrons. The smallest absolute Gasteiger partial charge is 0.167 e. The zero-order chi connectivity index (χ0) is 11.3. The zero-order valence-corrected chi connectivity index (χ0v) is 7.35. The topological polar surface area (TPSA) is 0 Å². The second kappa shape index (κ2) is 5.14. The van der Waals surface area contributed by atoms with Gasteiger partial charge in [-0.1, -0.05) is 13.8 Å². The molecule has 0 bridgehead atoms. The monoisotopic (exact) mass is 208 g/mol. The molecule has 6 heteroatoms. The van der Waals surface area contributed by atoms with Crippen LogP contribution in [-0.4, -0.2) is 12.4 Å². The van der Waals surface area contributed by atoms with E-state index in [-0.39, 0.29) is 0 Å². The van der Waals surface area contributed by atoms with Gasteiger partial charge < -0.3 is 0 Å². The first kappa shape index (κ1) is 14.8. The highest BCUT2D eigenvalue weighted by Gasteiger charge is 2.35. The van der Waals surface area contributed by atoms with Gasteiger partial charge >= 0.3 is 12.4 Å². The summed E-state index contributed by atoms with van der Waals surface area (Å²) < 4.78 is 68.0. The Labute approximate surface area is 72.2 Å². The normalized spacial score (nSPS) is 13.5. The van der Waals surface area contributed by atoms with Crippen LogP contribution in [0, 0.1) is 0 Å². The fraction of sp³-hybridized carbons (Fsp3) is 0.714. The molecule has 0 fully saturated rings. The third-order valence-electron chi connectivity index (χ3n) is 0.827. The van der Waals surface area contributed by atoms with Crippen molar-refractivity contribution >= 4 is 0 Å². The van der Waals surface area contributed by atoms with Crippen LogP contribution in [-0.2, 0) is 0 Å². The van der Waals surface area contributed by atoms with Crippen molar-refractivity contribution in [3.05, 3.63) is 11.6 Å². The SMILES string of the molecule is C/C(=C\C(F)(F)F)C(F)(F)F.CC. The summed E-state index contributed by atoms with van der Waals surface area (Å²) in [5, 5.41) is 0. The number of hydrogen-bond acceptors (Lipinski definition) is 0. The Hall–Kier alpha value is -0.680. The Morgan fingerprint density at radius 3 is 1.31 bits per heavy atom. The molecular weight excluding hydrogens is 198 g/mol. The Morgan fingerprint density at radius 2 is 1.23 bits per heavy atom. The highest BCUT2D eigenvalue weighted by molar-refractivity contribution is 5.08. The van der Waals surface area contributed by atoms with Crippen LogP contribution < -0.4 is 0 Å². The minimum atomic E-state index is -4.90. The molecule has 0 unspecified atom stereocenters. The Bertz CT molecular complexity index is 161. The first-order valence-electron chi connectivity index (χ1n) is 3.46. The first-order chi connectivity index (χ1) is 5.63. The van der Waals surface area contributed by atoms with E-state index in [0.29, 0.717) is 6.92 Å². The van der Waals surface area contributed by atoms with Crippen molar-refractivity contribution in [2.24, 2.45) is 0 Å². The molecule has 0 aliphatic heterocycles. The van der Waals surface area contributed by atoms with Crippen LogP contribution in [0.4, 0.5) is 26.3 Å². The van der Waals surface area contributed by atoms with Crippen LogP contribution in [0.25, 0.3) is 0 Å². The van der Waals surface area contributed by atoms with Crippen molar-refractivity contribution in [3.63, 3.8) is 0 Å². The fourth-order valence-electron chi connectivity index (χ4n) is 0.327. The summed E-state index contributed by atoms with van der Waals surface area (Å²) in [6.45, 7) is 4.37. The van der Waals surface area contributed by atoms with E-state index in [2.05, 4.69) is 0 Å². The lowest BCUT2D eigenvalue weighted by Crippen LogP contribution is -2.13. The maximum Gasteiger partial charge on any atom is 0.412 e. The summed E-state index contributed by atoms with van der Waals surface area (Å²) in [6.07, 6.45) is -10.6. The largest absolute Gasteiger partial charge is 0.412 e. The van der Waals surface area contributed by atoms with Gasteiger partial charge in [0.25, 0.3) is 0 Å². The number of rotatable bonds is 0. The Balaban J connectivity index is 0. The lowest BCUT2D eigenvalue weighted by molar-refractivity contribution is -0.107. The second-order valence-electron chi connectivity index (χ2n) is 1.87. The van der Waals surface area contributed by atoms with Gasteiger partial charge in [-0.05, 0) is 6.92 Å². The molecule has 0 saturated heterocycles. The van der Waals surface area contributed by atoms with E-state index in [1.54, 1.807) is 0 Å². The predicted molar refractivity (Wildman–Crippen MR) is 37.2 cm³/mol. The van der Waals surface area contributed by atoms with Crippen molar-refractivity contribution in [2.75, 3.05) is 0 Å². The van der Waals surface area contributed by atoms with Gasteiger partial charge in [-0.3, -0.25) is 0 Å². The van der Waals surface area contributed by atoms with Gasteiger partial charge in [-0.25, -0.2) is 0 Å². The third kappa shape index (κ3) is 9.23. The number of halogens is 6. The fourth-order valence-corrected chi connectivity index (χ4v) is 0.327. The number of alkyl halides is 6. The average molecular weight is 208 g/mol. The lowest BCUT2D eigenvalue weighted by atomic mass is 10.3. The molecule has 0 aromatic heterocycles. The molecule has 0 atom stereocenters. The summed E-state index contributed by atoms with van der Waals surface area (Å²) in [4.78, 5) is 0. The molecule has 0 radical (unpaired) electrons. The molecule has 0 N–H and O–H groups in total. The van der Waals surface area contributed by atoms with Gasteiger partial charge in [-0.2, -0.15) is 26.3 Å². The molecule has 0 aromatic rings. The van der Waals surface area contributed by atoms with Gasteiger partial charge in [0.1, 0.15) is 0 Å². The van der Waals surface area contributed by atoms with Gasteiger partial charge in [-0.15, -0.1) is 0 Å². The highest BCUT2D eigenvalue weighted by atomic mass is 19.4. The molecule has 0 nitrogen and oxygen atoms in total. The van der Waals surface area contributed by atoms with Gasteiger partial charge in [0.05, 0.1) is 0 Å². The molecule has 13 heavy (non-hydrogen) atoms. The molecule has 0 aliphatic rings. The maximum absolute atomic E-state index is 11.4. The predicted octanol–water partition coefficient (Wildman–Crippen LogP) is 4.08. The standard InChI is InChI=1S/C5H4F6.C2H6/c1-3(5(9,10)11)2-4(6,7)8;1-2/h2H,1H3;1-2H3/b3-2+;. The quantitative estimate of drug-likeness (QED) is 0.415. The molecule has 0 heterocycles. The van der Waals surface area contributed by atoms with Crippen LogP contribution in [0.5, 0.6) is 0 Å². The zero-order valence-electron chi connectivity index (χ0n) is 7.35. The molecule has 0 aliphatic carbocycles. The van der Waals surface area contributed by atoms with Crippen LogP contribution in [0.3, 0.4) is 0 Å². The summed E-state index contributed by atoms with van der Waals surface area (Å²) in [5.41, 5.74) is -1.65. The van der Waals surface area contributed by atoms with Gasteiger partial charge in [0, 0.05) is 11.6 Å². The van der Waals surface area contributed by atoms with Crippen LogP contribution in [0.2, 0.25) is 0 Å². The van der Waals surface area contributed by atoms with Crippen LogP contribution >= 0.6 is 0 Å². The third-order valence-corrected chi connectivity index (χ3v) is 0.827. The minimum absolute atomic E-state index is 0.369. The van der Waals surface area contributed by atoms with Crippen molar-refractivity contribution in [1.29, 1.82) is 0 Å². The minimum Gasteiger partial charge on any atom is -0.167 e. The Kier molecular flexibility index (Phi) is 5.86. The average Bonchev–Trinajstić information content (AvgIpc) is 1.86. The van der Waals surface area contributed by atoms with Crippen LogP contribution in [0.1, 0.15) is 20.8 Å². The first-order valence-corrected chi connectivity index (χ1v) is 3.46. The van der Waals surface area contributed by atoms with E-state index < -0.39 is 24.0 Å². The maximum atomic E-state index is 11.4. The summed E-state index contributed by atoms with van der Waals surface area (Å²) in [5.74, 6) is 0. The van der Waals surface area contributed by atoms with Crippen molar-refractivity contribution in [2.45, 2.75) is 33.1 Å². The molecule has 0 saturated carbocycles. The molecule has 0 aromatic carbocycles. The van der Waals surface area contributed by atoms with Crippen LogP contribution in [0.15, 0.2) is 11.6 Å². The second-order valence-corrected chi connectivity index (χ2v) is 1.87. The van der Waals surface area contributed by atoms with E-state index in [1.807, 2.05) is 13.8 Å². The van der Waals surface area contributed by atoms with Crippen molar-refractivity contribution in [1.82, 2.24) is 0 Å². The van der Waals surface area contributed by atoms with E-state index in [4.69, 9.17) is 0 Å². The summed E-state index contributed by atoms with van der Waals surface area (Å²) in [6, 6.07) is 0. The molecular formula is C7H10F6. The number of hydrogen-bond donors (Lipinski definition) is 0. The van der Waals surface area contributed by atoms with E-state index in [9.17, 15) is 26.3 Å². The summed E-state index contributed by atoms with van der Waals surface area (Å²) >= 11 is 0. The lowest BCUT2D eigenvalue weighted by Gasteiger charge is -2.07. The Morgan fingerprint density at radius 1 is 0.923 bits per heavy atom. The molecule has 0 rings (SSSR count). The van der Waals surface area contributed by atoms with Gasteiger partial charge in [0.2, 0.25) is 0 Å². The van der Waals surface area contributed by atoms with E-state index in [1.165, 1.54) is 0 Å².